The molecule has 3 heterocycles. The third-order valence-corrected chi connectivity index (χ3v) is 5.83. The standard InChI is InChI=1S/C28H21F3N8O/c1-17-6-9-23(33-15-17)38-24-14-25(35-16-34-24)39-11-10-32-27(39)37-22-13-21(8-7-18(22)2)36-26(40)19-4-3-5-20(12-19)28(29,30)31/h3-14,16H,1-2H3,(H2,32,36,37,40)/p+1. The number of carbonyl (C=O) groups is 1. The maximum absolute atomic E-state index is 13.1. The van der Waals surface area contributed by atoms with E-state index in [2.05, 4.69) is 42.1 Å². The second-order valence-electron chi connectivity index (χ2n) is 8.82. The first-order valence-corrected chi connectivity index (χ1v) is 12.0. The number of alkyl halides is 3. The fourth-order valence-corrected chi connectivity index (χ4v) is 3.75. The lowest BCUT2D eigenvalue weighted by molar-refractivity contribution is -0.276. The van der Waals surface area contributed by atoms with E-state index >= 15 is 0 Å². The lowest BCUT2D eigenvalue weighted by atomic mass is 10.1. The topological polar surface area (TPSA) is 111 Å². The van der Waals surface area contributed by atoms with Crippen LogP contribution in [0.2, 0.25) is 0 Å². The number of benzene rings is 2. The minimum Gasteiger partial charge on any atom is -0.325 e. The van der Waals surface area contributed by atoms with E-state index < -0.39 is 17.6 Å². The van der Waals surface area contributed by atoms with Gasteiger partial charge in [0.25, 0.3) is 5.91 Å². The summed E-state index contributed by atoms with van der Waals surface area (Å²) in [7, 11) is 0. The van der Waals surface area contributed by atoms with E-state index in [0.717, 1.165) is 23.3 Å². The third-order valence-electron chi connectivity index (χ3n) is 5.83. The van der Waals surface area contributed by atoms with Gasteiger partial charge in [0, 0.05) is 41.5 Å². The summed E-state index contributed by atoms with van der Waals surface area (Å²) in [4.78, 5) is 29.9. The number of halogens is 3. The number of nitrogens with zero attached hydrogens (tertiary/aromatic N) is 5. The van der Waals surface area contributed by atoms with E-state index in [4.69, 9.17) is 0 Å². The average molecular weight is 544 g/mol. The molecule has 0 spiro atoms. The Morgan fingerprint density at radius 1 is 0.975 bits per heavy atom. The molecule has 0 saturated heterocycles. The zero-order chi connectivity index (χ0) is 28.3. The molecule has 5 aromatic rings. The Hall–Kier alpha value is -5.44. The molecular formula is C28H22F3N8O+. The van der Waals surface area contributed by atoms with Crippen LogP contribution in [0.3, 0.4) is 0 Å². The van der Waals surface area contributed by atoms with Crippen molar-refractivity contribution < 1.29 is 22.9 Å². The Labute approximate surface area is 227 Å². The monoisotopic (exact) mass is 543 g/mol. The summed E-state index contributed by atoms with van der Waals surface area (Å²) in [6.45, 7) is 3.77. The molecule has 0 fully saturated rings. The van der Waals surface area contributed by atoms with Gasteiger partial charge >= 0.3 is 12.0 Å². The van der Waals surface area contributed by atoms with Gasteiger partial charge in [0.15, 0.2) is 6.20 Å². The summed E-state index contributed by atoms with van der Waals surface area (Å²) < 4.78 is 40.9. The molecule has 40 heavy (non-hydrogen) atoms. The molecule has 0 aliphatic carbocycles. The highest BCUT2D eigenvalue weighted by Crippen LogP contribution is 2.30. The van der Waals surface area contributed by atoms with Gasteiger partial charge in [-0.3, -0.25) is 9.36 Å². The van der Waals surface area contributed by atoms with E-state index in [0.29, 0.717) is 34.8 Å². The van der Waals surface area contributed by atoms with E-state index in [1.54, 1.807) is 41.2 Å². The minimum absolute atomic E-state index is 0.104. The zero-order valence-electron chi connectivity index (χ0n) is 21.3. The highest BCUT2D eigenvalue weighted by atomic mass is 19.4. The molecule has 1 amide bonds. The van der Waals surface area contributed by atoms with Crippen molar-refractivity contribution >= 4 is 34.9 Å². The molecular weight excluding hydrogens is 521 g/mol. The van der Waals surface area contributed by atoms with Crippen LogP contribution in [0.25, 0.3) is 5.82 Å². The quantitative estimate of drug-likeness (QED) is 0.251. The Morgan fingerprint density at radius 3 is 2.60 bits per heavy atom. The zero-order valence-corrected chi connectivity index (χ0v) is 21.3. The van der Waals surface area contributed by atoms with Crippen LogP contribution in [0.1, 0.15) is 27.0 Å². The van der Waals surface area contributed by atoms with Crippen molar-refractivity contribution in [3.05, 3.63) is 108 Å². The van der Waals surface area contributed by atoms with Crippen LogP contribution in [0.5, 0.6) is 0 Å². The lowest BCUT2D eigenvalue weighted by Crippen LogP contribution is -2.14. The van der Waals surface area contributed by atoms with Crippen LogP contribution in [-0.4, -0.2) is 25.4 Å². The van der Waals surface area contributed by atoms with Crippen molar-refractivity contribution in [3.8, 4) is 5.82 Å². The molecule has 0 aliphatic heterocycles. The van der Waals surface area contributed by atoms with Crippen molar-refractivity contribution in [2.45, 2.75) is 20.0 Å². The van der Waals surface area contributed by atoms with Crippen LogP contribution in [0.4, 0.5) is 42.1 Å². The van der Waals surface area contributed by atoms with Gasteiger partial charge < -0.3 is 10.6 Å². The second kappa shape index (κ2) is 10.7. The van der Waals surface area contributed by atoms with E-state index in [9.17, 15) is 18.0 Å². The molecule has 0 radical (unpaired) electrons. The number of anilines is 5. The average Bonchev–Trinajstić information content (AvgIpc) is 3.40. The number of aryl methyl sites for hydroxylation is 2. The van der Waals surface area contributed by atoms with Crippen molar-refractivity contribution in [3.63, 3.8) is 0 Å². The molecule has 2 aromatic carbocycles. The van der Waals surface area contributed by atoms with Crippen LogP contribution >= 0.6 is 0 Å². The molecule has 0 bridgehead atoms. The van der Waals surface area contributed by atoms with E-state index in [1.165, 1.54) is 18.5 Å². The number of carbonyl (C=O) groups excluding carboxylic acids is 1. The second-order valence-corrected chi connectivity index (χ2v) is 8.82. The third kappa shape index (κ3) is 5.99. The molecule has 3 aromatic heterocycles. The number of amides is 1. The molecule has 12 heteroatoms. The summed E-state index contributed by atoms with van der Waals surface area (Å²) in [6.07, 6.45) is 3.07. The number of hydrogen-bond acceptors (Lipinski definition) is 6. The molecule has 0 aliphatic rings. The maximum Gasteiger partial charge on any atom is 0.416 e. The molecule has 0 saturated carbocycles. The van der Waals surface area contributed by atoms with Crippen LogP contribution in [-0.2, 0) is 6.18 Å². The fourth-order valence-electron chi connectivity index (χ4n) is 3.75. The minimum atomic E-state index is -4.55. The smallest absolute Gasteiger partial charge is 0.325 e. The van der Waals surface area contributed by atoms with Gasteiger partial charge in [-0.15, -0.1) is 0 Å². The summed E-state index contributed by atoms with van der Waals surface area (Å²) in [5, 5.41) is 9.00. The highest BCUT2D eigenvalue weighted by molar-refractivity contribution is 6.04. The number of hydrogen-bond donors (Lipinski definition) is 3. The van der Waals surface area contributed by atoms with Crippen LogP contribution in [0, 0.1) is 20.0 Å². The largest absolute Gasteiger partial charge is 0.416 e. The summed E-state index contributed by atoms with van der Waals surface area (Å²) >= 11 is 0. The normalized spacial score (nSPS) is 11.0. The predicted octanol–water partition coefficient (Wildman–Crippen LogP) is 5.44. The first-order valence-electron chi connectivity index (χ1n) is 12.0. The van der Waals surface area contributed by atoms with Gasteiger partial charge in [-0.2, -0.15) is 23.1 Å². The first kappa shape index (κ1) is 26.2. The Kier molecular flexibility index (Phi) is 7.03. The Morgan fingerprint density at radius 2 is 1.82 bits per heavy atom. The van der Waals surface area contributed by atoms with E-state index in [1.807, 2.05) is 26.0 Å². The van der Waals surface area contributed by atoms with Crippen molar-refractivity contribution in [1.29, 1.82) is 0 Å². The van der Waals surface area contributed by atoms with Crippen molar-refractivity contribution in [2.75, 3.05) is 16.0 Å². The van der Waals surface area contributed by atoms with Gasteiger partial charge in [0.2, 0.25) is 11.8 Å². The predicted molar refractivity (Wildman–Crippen MR) is 142 cm³/mol. The highest BCUT2D eigenvalue weighted by Gasteiger charge is 2.31. The number of imidazole rings is 1. The van der Waals surface area contributed by atoms with Gasteiger partial charge in [-0.25, -0.2) is 15.3 Å². The maximum atomic E-state index is 13.1. The Balaban J connectivity index is 1.34. The molecule has 0 atom stereocenters. The first-order chi connectivity index (χ1) is 19.2. The summed E-state index contributed by atoms with van der Waals surface area (Å²) in [5.74, 6) is 1.41. The molecule has 5 rings (SSSR count). The van der Waals surface area contributed by atoms with Gasteiger partial charge in [0.05, 0.1) is 11.1 Å². The summed E-state index contributed by atoms with van der Waals surface area (Å²) in [5.41, 5.74) is 1.78. The lowest BCUT2D eigenvalue weighted by Gasteiger charge is -2.14. The van der Waals surface area contributed by atoms with Gasteiger partial charge in [-0.05, 0) is 55.8 Å². The van der Waals surface area contributed by atoms with Crippen LogP contribution in [0.15, 0.2) is 79.4 Å². The van der Waals surface area contributed by atoms with Gasteiger partial charge in [0.1, 0.15) is 12.1 Å². The SMILES string of the molecule is Cc1c#[n+]c(Nc2cc(-n3ccnc3Nc3cc(NC(=O)c4cccc(C(F)(F)F)c4)ccc3C)ncn2)cc1. The number of aromatic nitrogens is 5. The van der Waals surface area contributed by atoms with Crippen LogP contribution < -0.4 is 20.9 Å². The van der Waals surface area contributed by atoms with Crippen molar-refractivity contribution in [1.82, 2.24) is 19.5 Å². The molecule has 9 nitrogen and oxygen atoms in total. The number of rotatable bonds is 7. The summed E-state index contributed by atoms with van der Waals surface area (Å²) in [6, 6.07) is 14.8. The van der Waals surface area contributed by atoms with E-state index in [-0.39, 0.29) is 5.56 Å². The molecule has 0 unspecified atom stereocenters. The molecule has 200 valence electrons. The number of nitrogens with one attached hydrogen (secondary N) is 3. The van der Waals surface area contributed by atoms with Crippen molar-refractivity contribution in [2.24, 2.45) is 0 Å². The van der Waals surface area contributed by atoms with Gasteiger partial charge in [-0.1, -0.05) is 12.1 Å². The fraction of sp³-hybridized carbons (Fsp3) is 0.107. The molecule has 3 N–H and O–H groups in total. The Bertz CT molecular complexity index is 1670.